The highest BCUT2D eigenvalue weighted by Gasteiger charge is 1.99. The third kappa shape index (κ3) is 3.42. The summed E-state index contributed by atoms with van der Waals surface area (Å²) in [6.45, 7) is 0.415. The number of carbonyl (C=O) groups is 1. The molecule has 0 unspecified atom stereocenters. The maximum atomic E-state index is 10.2. The second-order valence-electron chi connectivity index (χ2n) is 2.43. The summed E-state index contributed by atoms with van der Waals surface area (Å²) < 4.78 is 0.834. The van der Waals surface area contributed by atoms with Crippen LogP contribution in [-0.2, 0) is 4.79 Å². The predicted octanol–water partition coefficient (Wildman–Crippen LogP) is 1.73. The van der Waals surface area contributed by atoms with Crippen LogP contribution in [0.15, 0.2) is 22.9 Å². The molecule has 13 heavy (non-hydrogen) atoms. The highest BCUT2D eigenvalue weighted by molar-refractivity contribution is 9.10. The van der Waals surface area contributed by atoms with Crippen molar-refractivity contribution >= 4 is 27.6 Å². The summed E-state index contributed by atoms with van der Waals surface area (Å²) in [7, 11) is 0. The first-order valence-corrected chi connectivity index (χ1v) is 4.54. The molecule has 0 aliphatic carbocycles. The van der Waals surface area contributed by atoms with Crippen molar-refractivity contribution in [2.45, 2.75) is 6.42 Å². The Morgan fingerprint density at radius 2 is 2.46 bits per heavy atom. The molecule has 1 heterocycles. The Kier molecular flexibility index (Phi) is 3.70. The van der Waals surface area contributed by atoms with Crippen LogP contribution in [0.4, 0.5) is 5.69 Å². The van der Waals surface area contributed by atoms with Crippen molar-refractivity contribution < 1.29 is 9.90 Å². The van der Waals surface area contributed by atoms with Crippen molar-refractivity contribution in [3.8, 4) is 0 Å². The molecule has 70 valence electrons. The van der Waals surface area contributed by atoms with Gasteiger partial charge in [-0.2, -0.15) is 0 Å². The van der Waals surface area contributed by atoms with Crippen LogP contribution in [-0.4, -0.2) is 22.6 Å². The zero-order valence-corrected chi connectivity index (χ0v) is 8.41. The van der Waals surface area contributed by atoms with E-state index in [1.807, 2.05) is 0 Å². The van der Waals surface area contributed by atoms with Crippen LogP contribution in [0.3, 0.4) is 0 Å². The van der Waals surface area contributed by atoms with E-state index in [4.69, 9.17) is 5.11 Å². The largest absolute Gasteiger partial charge is 0.481 e. The Bertz CT molecular complexity index is 304. The molecular formula is C8H9BrN2O2. The van der Waals surface area contributed by atoms with E-state index in [1.165, 1.54) is 0 Å². The lowest BCUT2D eigenvalue weighted by Gasteiger charge is -2.05. The number of aromatic nitrogens is 1. The molecule has 0 spiro atoms. The number of rotatable bonds is 4. The number of carboxylic acid groups (broad SMARTS) is 1. The molecule has 0 fully saturated rings. The van der Waals surface area contributed by atoms with E-state index in [9.17, 15) is 4.79 Å². The van der Waals surface area contributed by atoms with E-state index in [2.05, 4.69) is 26.2 Å². The second-order valence-corrected chi connectivity index (χ2v) is 3.28. The Labute approximate surface area is 84.1 Å². The first-order valence-electron chi connectivity index (χ1n) is 3.75. The number of pyridine rings is 1. The molecule has 0 saturated carbocycles. The van der Waals surface area contributed by atoms with Gasteiger partial charge in [-0.05, 0) is 22.0 Å². The van der Waals surface area contributed by atoms with Gasteiger partial charge in [-0.3, -0.25) is 9.78 Å². The Morgan fingerprint density at radius 1 is 1.69 bits per heavy atom. The van der Waals surface area contributed by atoms with Gasteiger partial charge in [0, 0.05) is 18.9 Å². The quantitative estimate of drug-likeness (QED) is 0.847. The SMILES string of the molecule is O=C(O)CCNc1ccncc1Br. The average Bonchev–Trinajstić information content (AvgIpc) is 2.08. The predicted molar refractivity (Wildman–Crippen MR) is 52.7 cm³/mol. The summed E-state index contributed by atoms with van der Waals surface area (Å²) in [5.74, 6) is -0.808. The molecule has 4 nitrogen and oxygen atoms in total. The summed E-state index contributed by atoms with van der Waals surface area (Å²) in [6, 6.07) is 1.78. The van der Waals surface area contributed by atoms with Gasteiger partial charge < -0.3 is 10.4 Å². The lowest BCUT2D eigenvalue weighted by atomic mass is 10.3. The smallest absolute Gasteiger partial charge is 0.305 e. The minimum absolute atomic E-state index is 0.106. The van der Waals surface area contributed by atoms with Crippen LogP contribution in [0.2, 0.25) is 0 Å². The fourth-order valence-corrected chi connectivity index (χ4v) is 1.21. The Hall–Kier alpha value is -1.10. The summed E-state index contributed by atoms with van der Waals surface area (Å²) in [5.41, 5.74) is 0.858. The Morgan fingerprint density at radius 3 is 3.08 bits per heavy atom. The number of anilines is 1. The van der Waals surface area contributed by atoms with Crippen molar-refractivity contribution in [1.82, 2.24) is 4.98 Å². The normalized spacial score (nSPS) is 9.62. The number of halogens is 1. The highest BCUT2D eigenvalue weighted by atomic mass is 79.9. The van der Waals surface area contributed by atoms with E-state index in [1.54, 1.807) is 18.5 Å². The van der Waals surface area contributed by atoms with Crippen LogP contribution in [0, 0.1) is 0 Å². The minimum Gasteiger partial charge on any atom is -0.481 e. The first-order chi connectivity index (χ1) is 6.20. The molecule has 0 aliphatic rings. The number of nitrogens with one attached hydrogen (secondary N) is 1. The van der Waals surface area contributed by atoms with Crippen molar-refractivity contribution in [1.29, 1.82) is 0 Å². The summed E-state index contributed by atoms with van der Waals surface area (Å²) in [6.07, 6.45) is 3.41. The number of hydrogen-bond donors (Lipinski definition) is 2. The minimum atomic E-state index is -0.808. The molecule has 0 atom stereocenters. The molecule has 0 bridgehead atoms. The standard InChI is InChI=1S/C8H9BrN2O2/c9-6-5-10-3-1-7(6)11-4-2-8(12)13/h1,3,5H,2,4H2,(H,10,11)(H,12,13). The van der Waals surface area contributed by atoms with E-state index >= 15 is 0 Å². The Balaban J connectivity index is 2.45. The van der Waals surface area contributed by atoms with E-state index in [0.717, 1.165) is 10.2 Å². The molecule has 1 rings (SSSR count). The van der Waals surface area contributed by atoms with Crippen LogP contribution >= 0.6 is 15.9 Å². The lowest BCUT2D eigenvalue weighted by Crippen LogP contribution is -2.07. The maximum absolute atomic E-state index is 10.2. The van der Waals surface area contributed by atoms with Crippen LogP contribution in [0.25, 0.3) is 0 Å². The molecule has 0 amide bonds. The van der Waals surface area contributed by atoms with Crippen molar-refractivity contribution in [3.63, 3.8) is 0 Å². The first kappa shape index (κ1) is 9.98. The van der Waals surface area contributed by atoms with E-state index in [-0.39, 0.29) is 6.42 Å². The van der Waals surface area contributed by atoms with Crippen LogP contribution in [0.1, 0.15) is 6.42 Å². The molecule has 0 radical (unpaired) electrons. The fraction of sp³-hybridized carbons (Fsp3) is 0.250. The molecule has 1 aromatic rings. The van der Waals surface area contributed by atoms with Gasteiger partial charge in [0.2, 0.25) is 0 Å². The molecule has 0 aliphatic heterocycles. The number of hydrogen-bond acceptors (Lipinski definition) is 3. The molecule has 5 heteroatoms. The van der Waals surface area contributed by atoms with Gasteiger partial charge in [-0.15, -0.1) is 0 Å². The zero-order valence-electron chi connectivity index (χ0n) is 6.83. The van der Waals surface area contributed by atoms with Gasteiger partial charge in [0.1, 0.15) is 0 Å². The zero-order chi connectivity index (χ0) is 9.68. The molecular weight excluding hydrogens is 236 g/mol. The fourth-order valence-electron chi connectivity index (χ4n) is 0.823. The molecule has 0 aromatic carbocycles. The summed E-state index contributed by atoms with van der Waals surface area (Å²) in [4.78, 5) is 14.1. The van der Waals surface area contributed by atoms with Gasteiger partial charge in [0.05, 0.1) is 16.6 Å². The van der Waals surface area contributed by atoms with E-state index < -0.39 is 5.97 Å². The average molecular weight is 245 g/mol. The van der Waals surface area contributed by atoms with Crippen LogP contribution < -0.4 is 5.32 Å². The van der Waals surface area contributed by atoms with Gasteiger partial charge in [0.15, 0.2) is 0 Å². The summed E-state index contributed by atoms with van der Waals surface area (Å²) in [5, 5.41) is 11.4. The highest BCUT2D eigenvalue weighted by Crippen LogP contribution is 2.19. The van der Waals surface area contributed by atoms with Gasteiger partial charge in [-0.1, -0.05) is 0 Å². The van der Waals surface area contributed by atoms with Crippen molar-refractivity contribution in [3.05, 3.63) is 22.9 Å². The molecule has 0 saturated heterocycles. The van der Waals surface area contributed by atoms with Crippen LogP contribution in [0.5, 0.6) is 0 Å². The molecule has 1 aromatic heterocycles. The maximum Gasteiger partial charge on any atom is 0.305 e. The second kappa shape index (κ2) is 4.81. The molecule has 2 N–H and O–H groups in total. The van der Waals surface area contributed by atoms with Gasteiger partial charge in [-0.25, -0.2) is 0 Å². The lowest BCUT2D eigenvalue weighted by molar-refractivity contribution is -0.136. The topological polar surface area (TPSA) is 62.2 Å². The monoisotopic (exact) mass is 244 g/mol. The third-order valence-electron chi connectivity index (χ3n) is 1.43. The number of carboxylic acids is 1. The number of aliphatic carboxylic acids is 1. The van der Waals surface area contributed by atoms with E-state index in [0.29, 0.717) is 6.54 Å². The summed E-state index contributed by atoms with van der Waals surface area (Å²) >= 11 is 3.29. The number of nitrogens with zero attached hydrogens (tertiary/aromatic N) is 1. The van der Waals surface area contributed by atoms with Crippen molar-refractivity contribution in [2.75, 3.05) is 11.9 Å². The van der Waals surface area contributed by atoms with Gasteiger partial charge in [0.25, 0.3) is 0 Å². The third-order valence-corrected chi connectivity index (χ3v) is 2.06. The van der Waals surface area contributed by atoms with Crippen molar-refractivity contribution in [2.24, 2.45) is 0 Å². The van der Waals surface area contributed by atoms with Gasteiger partial charge >= 0.3 is 5.97 Å².